The molecule has 0 aliphatic carbocycles. The predicted molar refractivity (Wildman–Crippen MR) is 82.6 cm³/mol. The summed E-state index contributed by atoms with van der Waals surface area (Å²) in [5, 5.41) is 3.61. The van der Waals surface area contributed by atoms with E-state index in [0.717, 1.165) is 12.2 Å². The van der Waals surface area contributed by atoms with Gasteiger partial charge in [0.15, 0.2) is 0 Å². The van der Waals surface area contributed by atoms with Gasteiger partial charge in [-0.15, -0.1) is 0 Å². The van der Waals surface area contributed by atoms with Crippen LogP contribution in [-0.2, 0) is 0 Å². The topological polar surface area (TPSA) is 41.1 Å². The predicted octanol–water partition coefficient (Wildman–Crippen LogP) is 2.78. The van der Waals surface area contributed by atoms with Crippen molar-refractivity contribution < 1.29 is 0 Å². The fourth-order valence-corrected chi connectivity index (χ4v) is 3.21. The minimum absolute atomic E-state index is 0.0520. The monoisotopic (exact) mass is 276 g/mol. The van der Waals surface area contributed by atoms with E-state index in [4.69, 9.17) is 0 Å². The number of likely N-dealkylation sites (N-methyl/N-ethyl adjacent to an activating group) is 1. The standard InChI is InChI=1S/C16H28N4/c1-4-18-15(14-13-17-9-10-19-14)16(2,3)20-11-7-5-6-8-12-20/h9-10,13,15,18H,4-8,11-12H2,1-3H3. The summed E-state index contributed by atoms with van der Waals surface area (Å²) in [6, 6.07) is 0.222. The maximum atomic E-state index is 4.53. The van der Waals surface area contributed by atoms with Crippen LogP contribution in [0.4, 0.5) is 0 Å². The highest BCUT2D eigenvalue weighted by Crippen LogP contribution is 2.31. The lowest BCUT2D eigenvalue weighted by Gasteiger charge is -2.43. The third-order valence-electron chi connectivity index (χ3n) is 4.41. The van der Waals surface area contributed by atoms with E-state index in [0.29, 0.717) is 0 Å². The van der Waals surface area contributed by atoms with Crippen molar-refractivity contribution in [1.29, 1.82) is 0 Å². The van der Waals surface area contributed by atoms with E-state index >= 15 is 0 Å². The van der Waals surface area contributed by atoms with E-state index in [-0.39, 0.29) is 11.6 Å². The van der Waals surface area contributed by atoms with Crippen LogP contribution in [0, 0.1) is 0 Å². The van der Waals surface area contributed by atoms with Crippen molar-refractivity contribution in [3.8, 4) is 0 Å². The number of rotatable bonds is 5. The number of likely N-dealkylation sites (tertiary alicyclic amines) is 1. The van der Waals surface area contributed by atoms with Gasteiger partial charge >= 0.3 is 0 Å². The summed E-state index contributed by atoms with van der Waals surface area (Å²) < 4.78 is 0. The summed E-state index contributed by atoms with van der Waals surface area (Å²) in [6.45, 7) is 10.1. The fourth-order valence-electron chi connectivity index (χ4n) is 3.21. The number of aromatic nitrogens is 2. The van der Waals surface area contributed by atoms with Crippen LogP contribution in [0.15, 0.2) is 18.6 Å². The zero-order chi connectivity index (χ0) is 14.4. The summed E-state index contributed by atoms with van der Waals surface area (Å²) >= 11 is 0. The van der Waals surface area contributed by atoms with Crippen LogP contribution < -0.4 is 5.32 Å². The van der Waals surface area contributed by atoms with Gasteiger partial charge in [0, 0.05) is 17.9 Å². The van der Waals surface area contributed by atoms with Crippen LogP contribution in [0.25, 0.3) is 0 Å². The highest BCUT2D eigenvalue weighted by molar-refractivity contribution is 5.10. The highest BCUT2D eigenvalue weighted by atomic mass is 15.2. The number of nitrogens with one attached hydrogen (secondary N) is 1. The first-order valence-electron chi connectivity index (χ1n) is 7.90. The van der Waals surface area contributed by atoms with Gasteiger partial charge in [-0.1, -0.05) is 19.8 Å². The average molecular weight is 276 g/mol. The van der Waals surface area contributed by atoms with Gasteiger partial charge in [0.05, 0.1) is 17.9 Å². The summed E-state index contributed by atoms with van der Waals surface area (Å²) in [7, 11) is 0. The lowest BCUT2D eigenvalue weighted by molar-refractivity contribution is 0.0823. The normalized spacial score (nSPS) is 19.6. The van der Waals surface area contributed by atoms with Crippen molar-refractivity contribution in [3.63, 3.8) is 0 Å². The molecule has 0 amide bonds. The molecule has 1 aliphatic rings. The molecule has 0 saturated carbocycles. The van der Waals surface area contributed by atoms with Crippen molar-refractivity contribution in [2.75, 3.05) is 19.6 Å². The van der Waals surface area contributed by atoms with Crippen LogP contribution >= 0.6 is 0 Å². The molecule has 1 aromatic rings. The minimum atomic E-state index is 0.0520. The van der Waals surface area contributed by atoms with E-state index in [1.165, 1.54) is 38.8 Å². The highest BCUT2D eigenvalue weighted by Gasteiger charge is 2.36. The Morgan fingerprint density at radius 2 is 1.90 bits per heavy atom. The van der Waals surface area contributed by atoms with Crippen LogP contribution in [-0.4, -0.2) is 40.0 Å². The average Bonchev–Trinajstić information content (AvgIpc) is 2.75. The first-order chi connectivity index (χ1) is 9.66. The van der Waals surface area contributed by atoms with E-state index in [1.54, 1.807) is 12.4 Å². The second kappa shape index (κ2) is 7.14. The number of nitrogens with zero attached hydrogens (tertiary/aromatic N) is 3. The zero-order valence-electron chi connectivity index (χ0n) is 13.1. The Kier molecular flexibility index (Phi) is 5.49. The second-order valence-corrected chi connectivity index (χ2v) is 6.18. The maximum Gasteiger partial charge on any atom is 0.0774 e. The molecule has 1 unspecified atom stereocenters. The number of hydrogen-bond donors (Lipinski definition) is 1. The molecule has 4 heteroatoms. The van der Waals surface area contributed by atoms with Gasteiger partial charge < -0.3 is 5.32 Å². The smallest absolute Gasteiger partial charge is 0.0774 e. The van der Waals surface area contributed by atoms with Gasteiger partial charge in [-0.2, -0.15) is 0 Å². The van der Waals surface area contributed by atoms with Gasteiger partial charge in [0.25, 0.3) is 0 Å². The van der Waals surface area contributed by atoms with Gasteiger partial charge in [-0.3, -0.25) is 14.9 Å². The number of hydrogen-bond acceptors (Lipinski definition) is 4. The lowest BCUT2D eigenvalue weighted by atomic mass is 9.89. The molecule has 1 atom stereocenters. The Labute approximate surface area is 123 Å². The molecule has 112 valence electrons. The minimum Gasteiger partial charge on any atom is -0.307 e. The third-order valence-corrected chi connectivity index (χ3v) is 4.41. The van der Waals surface area contributed by atoms with E-state index in [2.05, 4.69) is 41.0 Å². The zero-order valence-corrected chi connectivity index (χ0v) is 13.1. The van der Waals surface area contributed by atoms with Gasteiger partial charge in [0.1, 0.15) is 0 Å². The quantitative estimate of drug-likeness (QED) is 0.898. The Balaban J connectivity index is 2.21. The Morgan fingerprint density at radius 3 is 2.45 bits per heavy atom. The molecule has 0 bridgehead atoms. The van der Waals surface area contributed by atoms with E-state index < -0.39 is 0 Å². The van der Waals surface area contributed by atoms with E-state index in [9.17, 15) is 0 Å². The van der Waals surface area contributed by atoms with Crippen molar-refractivity contribution in [2.24, 2.45) is 0 Å². The molecule has 1 aromatic heterocycles. The Bertz CT molecular complexity index is 383. The molecule has 0 radical (unpaired) electrons. The van der Waals surface area contributed by atoms with Crippen LogP contribution in [0.2, 0.25) is 0 Å². The molecule has 1 N–H and O–H groups in total. The summed E-state index contributed by atoms with van der Waals surface area (Å²) in [4.78, 5) is 11.4. The fraction of sp³-hybridized carbons (Fsp3) is 0.750. The van der Waals surface area contributed by atoms with Crippen LogP contribution in [0.1, 0.15) is 58.2 Å². The third kappa shape index (κ3) is 3.55. The molecular formula is C16H28N4. The molecule has 20 heavy (non-hydrogen) atoms. The van der Waals surface area contributed by atoms with Crippen LogP contribution in [0.3, 0.4) is 0 Å². The molecule has 0 aromatic carbocycles. The van der Waals surface area contributed by atoms with E-state index in [1.807, 2.05) is 6.20 Å². The Morgan fingerprint density at radius 1 is 1.20 bits per heavy atom. The molecule has 0 spiro atoms. The molecule has 1 aliphatic heterocycles. The summed E-state index contributed by atoms with van der Waals surface area (Å²) in [5.74, 6) is 0. The van der Waals surface area contributed by atoms with Crippen molar-refractivity contribution in [2.45, 2.75) is 58.0 Å². The molecule has 2 rings (SSSR count). The summed E-state index contributed by atoms with van der Waals surface area (Å²) in [6.07, 6.45) is 10.8. The van der Waals surface area contributed by atoms with Gasteiger partial charge in [0.2, 0.25) is 0 Å². The van der Waals surface area contributed by atoms with Crippen LogP contribution in [0.5, 0.6) is 0 Å². The Hall–Kier alpha value is -1.00. The largest absolute Gasteiger partial charge is 0.307 e. The van der Waals surface area contributed by atoms with Gasteiger partial charge in [-0.05, 0) is 46.3 Å². The molecule has 1 fully saturated rings. The summed E-state index contributed by atoms with van der Waals surface area (Å²) in [5.41, 5.74) is 1.10. The lowest BCUT2D eigenvalue weighted by Crippen LogP contribution is -2.53. The molecular weight excluding hydrogens is 248 g/mol. The van der Waals surface area contributed by atoms with Crippen molar-refractivity contribution in [1.82, 2.24) is 20.2 Å². The molecule has 1 saturated heterocycles. The first-order valence-corrected chi connectivity index (χ1v) is 7.90. The SMILES string of the molecule is CCNC(c1cnccn1)C(C)(C)N1CCCCCC1. The molecule has 4 nitrogen and oxygen atoms in total. The van der Waals surface area contributed by atoms with Crippen molar-refractivity contribution >= 4 is 0 Å². The second-order valence-electron chi connectivity index (χ2n) is 6.18. The first kappa shape index (κ1) is 15.4. The van der Waals surface area contributed by atoms with Gasteiger partial charge in [-0.25, -0.2) is 0 Å². The van der Waals surface area contributed by atoms with Crippen molar-refractivity contribution in [3.05, 3.63) is 24.3 Å². The maximum absolute atomic E-state index is 4.53. The molecule has 2 heterocycles.